The highest BCUT2D eigenvalue weighted by Crippen LogP contribution is 2.37. The maximum Gasteiger partial charge on any atom is 0.306 e. The van der Waals surface area contributed by atoms with Gasteiger partial charge in [-0.15, -0.1) is 0 Å². The van der Waals surface area contributed by atoms with Crippen LogP contribution in [0.3, 0.4) is 0 Å². The van der Waals surface area contributed by atoms with Crippen molar-refractivity contribution in [2.75, 3.05) is 18.1 Å². The van der Waals surface area contributed by atoms with Gasteiger partial charge < -0.3 is 19.1 Å². The number of halogens is 2. The zero-order chi connectivity index (χ0) is 20.7. The number of ether oxygens (including phenoxy) is 2. The number of hydrogen-bond donors (Lipinski definition) is 1. The van der Waals surface area contributed by atoms with Crippen LogP contribution < -0.4 is 9.64 Å². The molecule has 2 aliphatic rings. The van der Waals surface area contributed by atoms with Crippen LogP contribution in [0.15, 0.2) is 36.9 Å². The van der Waals surface area contributed by atoms with Crippen LogP contribution in [-0.4, -0.2) is 46.3 Å². The van der Waals surface area contributed by atoms with E-state index >= 15 is 0 Å². The van der Waals surface area contributed by atoms with Crippen LogP contribution in [-0.2, 0) is 22.5 Å². The first-order chi connectivity index (χ1) is 13.8. The van der Waals surface area contributed by atoms with Crippen molar-refractivity contribution in [3.63, 3.8) is 0 Å². The minimum Gasteiger partial charge on any atom is -0.491 e. The summed E-state index contributed by atoms with van der Waals surface area (Å²) in [6.45, 7) is 6.11. The molecule has 0 unspecified atom stereocenters. The number of carboxylic acid groups (broad SMARTS) is 1. The molecule has 0 spiro atoms. The average Bonchev–Trinajstić information content (AvgIpc) is 3.21. The van der Waals surface area contributed by atoms with Crippen molar-refractivity contribution in [2.24, 2.45) is 5.92 Å². The third-order valence-corrected chi connectivity index (χ3v) is 5.16. The van der Waals surface area contributed by atoms with Crippen molar-refractivity contribution in [1.82, 2.24) is 9.55 Å². The number of hydrogen-bond acceptors (Lipinski definition) is 5. The molecule has 2 aliphatic heterocycles. The molecule has 3 heterocycles. The van der Waals surface area contributed by atoms with Crippen molar-refractivity contribution >= 4 is 11.8 Å². The average molecular weight is 405 g/mol. The Morgan fingerprint density at radius 1 is 1.41 bits per heavy atom. The van der Waals surface area contributed by atoms with Gasteiger partial charge in [-0.2, -0.15) is 0 Å². The molecule has 154 valence electrons. The number of alkyl halides is 2. The van der Waals surface area contributed by atoms with Crippen LogP contribution in [0, 0.1) is 5.92 Å². The zero-order valence-corrected chi connectivity index (χ0v) is 15.8. The van der Waals surface area contributed by atoms with E-state index in [1.54, 1.807) is 13.1 Å². The lowest BCUT2D eigenvalue weighted by Crippen LogP contribution is -2.36. The molecule has 2 atom stereocenters. The highest BCUT2D eigenvalue weighted by molar-refractivity contribution is 5.71. The van der Waals surface area contributed by atoms with E-state index in [4.69, 9.17) is 14.6 Å². The minimum atomic E-state index is -2.59. The predicted molar refractivity (Wildman–Crippen MR) is 101 cm³/mol. The summed E-state index contributed by atoms with van der Waals surface area (Å²) < 4.78 is 39.7. The maximum atomic E-state index is 13.4. The number of rotatable bonds is 5. The lowest BCUT2D eigenvalue weighted by molar-refractivity contribution is -0.141. The first-order valence-corrected chi connectivity index (χ1v) is 9.30. The molecule has 0 saturated carbocycles. The SMILES string of the molecule is C=C1OC[C@@H](C(F)F)N1c1cn2c(n1)-c1ccc(C[C@@H](C)C(=O)O)cc1OCC2. The van der Waals surface area contributed by atoms with Gasteiger partial charge in [-0.1, -0.05) is 13.0 Å². The zero-order valence-electron chi connectivity index (χ0n) is 15.8. The highest BCUT2D eigenvalue weighted by atomic mass is 19.3. The second kappa shape index (κ2) is 7.38. The normalized spacial score (nSPS) is 19.2. The smallest absolute Gasteiger partial charge is 0.306 e. The van der Waals surface area contributed by atoms with E-state index in [1.165, 1.54) is 4.90 Å². The van der Waals surface area contributed by atoms with Crippen molar-refractivity contribution in [3.05, 3.63) is 42.4 Å². The second-order valence-corrected chi connectivity index (χ2v) is 7.22. The fourth-order valence-electron chi connectivity index (χ4n) is 3.59. The van der Waals surface area contributed by atoms with Crippen LogP contribution in [0.4, 0.5) is 14.6 Å². The second-order valence-electron chi connectivity index (χ2n) is 7.22. The first kappa shape index (κ1) is 19.2. The minimum absolute atomic E-state index is 0.135. The monoisotopic (exact) mass is 405 g/mol. The van der Waals surface area contributed by atoms with Gasteiger partial charge in [0.15, 0.2) is 11.7 Å². The summed E-state index contributed by atoms with van der Waals surface area (Å²) in [5, 5.41) is 9.13. The van der Waals surface area contributed by atoms with Crippen molar-refractivity contribution in [1.29, 1.82) is 0 Å². The van der Waals surface area contributed by atoms with Crippen molar-refractivity contribution < 1.29 is 28.2 Å². The summed E-state index contributed by atoms with van der Waals surface area (Å²) in [7, 11) is 0. The first-order valence-electron chi connectivity index (χ1n) is 9.30. The van der Waals surface area contributed by atoms with Gasteiger partial charge in [-0.05, 0) is 30.7 Å². The molecular weight excluding hydrogens is 384 g/mol. The van der Waals surface area contributed by atoms with Gasteiger partial charge in [0.1, 0.15) is 30.8 Å². The topological polar surface area (TPSA) is 76.8 Å². The van der Waals surface area contributed by atoms with Gasteiger partial charge in [0.05, 0.1) is 18.0 Å². The van der Waals surface area contributed by atoms with Crippen LogP contribution in [0.25, 0.3) is 11.4 Å². The molecule has 0 radical (unpaired) electrons. The van der Waals surface area contributed by atoms with E-state index in [2.05, 4.69) is 11.6 Å². The van der Waals surface area contributed by atoms with Crippen molar-refractivity contribution in [2.45, 2.75) is 32.4 Å². The number of benzene rings is 1. The third-order valence-electron chi connectivity index (χ3n) is 5.16. The van der Waals surface area contributed by atoms with Crippen LogP contribution in [0.2, 0.25) is 0 Å². The number of anilines is 1. The molecule has 1 N–H and O–H groups in total. The number of nitrogens with zero attached hydrogens (tertiary/aromatic N) is 3. The van der Waals surface area contributed by atoms with Gasteiger partial charge in [0.2, 0.25) is 0 Å². The van der Waals surface area contributed by atoms with E-state index in [1.807, 2.05) is 22.8 Å². The summed E-state index contributed by atoms with van der Waals surface area (Å²) in [6, 6.07) is 4.36. The van der Waals surface area contributed by atoms with Crippen LogP contribution >= 0.6 is 0 Å². The Balaban J connectivity index is 1.68. The van der Waals surface area contributed by atoms with E-state index in [0.717, 1.165) is 11.1 Å². The molecule has 1 fully saturated rings. The highest BCUT2D eigenvalue weighted by Gasteiger charge is 2.38. The van der Waals surface area contributed by atoms with Gasteiger partial charge in [-0.25, -0.2) is 13.8 Å². The quantitative estimate of drug-likeness (QED) is 0.824. The molecule has 0 bridgehead atoms. The molecule has 0 amide bonds. The Morgan fingerprint density at radius 3 is 2.93 bits per heavy atom. The molecule has 0 aliphatic carbocycles. The number of aliphatic carboxylic acids is 1. The standard InChI is InChI=1S/C20H21F2N3O4/c1-11(20(26)27)7-13-3-4-14-16(8-13)28-6-5-24-9-17(23-19(14)24)25-12(2)29-10-15(25)18(21)22/h3-4,8-9,11,15,18H,2,5-7,10H2,1H3,(H,26,27)/t11-,15+/m1/s1. The Morgan fingerprint density at radius 2 is 2.21 bits per heavy atom. The van der Waals surface area contributed by atoms with E-state index in [0.29, 0.717) is 37.0 Å². The fourth-order valence-corrected chi connectivity index (χ4v) is 3.59. The molecule has 1 aromatic heterocycles. The lowest BCUT2D eigenvalue weighted by Gasteiger charge is -2.20. The Kier molecular flexibility index (Phi) is 4.89. The Labute approximate surface area is 166 Å². The number of carboxylic acids is 1. The lowest BCUT2D eigenvalue weighted by atomic mass is 9.99. The maximum absolute atomic E-state index is 13.4. The Bertz CT molecular complexity index is 959. The van der Waals surface area contributed by atoms with Gasteiger partial charge in [-0.3, -0.25) is 9.69 Å². The van der Waals surface area contributed by atoms with E-state index in [-0.39, 0.29) is 12.5 Å². The summed E-state index contributed by atoms with van der Waals surface area (Å²) in [5.74, 6) is 0.320. The Hall–Kier alpha value is -3.10. The molecule has 7 nitrogen and oxygen atoms in total. The van der Waals surface area contributed by atoms with Crippen molar-refractivity contribution in [3.8, 4) is 17.1 Å². The number of fused-ring (bicyclic) bond motifs is 3. The van der Waals surface area contributed by atoms with Gasteiger partial charge in [0, 0.05) is 6.20 Å². The molecule has 2 aromatic rings. The molecule has 1 aromatic carbocycles. The molecule has 1 saturated heterocycles. The molecule has 29 heavy (non-hydrogen) atoms. The molecule has 4 rings (SSSR count). The number of carbonyl (C=O) groups is 1. The largest absolute Gasteiger partial charge is 0.491 e. The molecular formula is C20H21F2N3O4. The number of imidazole rings is 1. The van der Waals surface area contributed by atoms with Gasteiger partial charge >= 0.3 is 5.97 Å². The van der Waals surface area contributed by atoms with E-state index < -0.39 is 24.4 Å². The fraction of sp³-hybridized carbons (Fsp3) is 0.400. The van der Waals surface area contributed by atoms with Gasteiger partial charge in [0.25, 0.3) is 6.43 Å². The van der Waals surface area contributed by atoms with Crippen LogP contribution in [0.1, 0.15) is 12.5 Å². The summed E-state index contributed by atoms with van der Waals surface area (Å²) >= 11 is 0. The van der Waals surface area contributed by atoms with E-state index in [9.17, 15) is 13.6 Å². The predicted octanol–water partition coefficient (Wildman–Crippen LogP) is 3.15. The third kappa shape index (κ3) is 3.52. The summed E-state index contributed by atoms with van der Waals surface area (Å²) in [6.07, 6.45) is -0.513. The molecule has 9 heteroatoms. The summed E-state index contributed by atoms with van der Waals surface area (Å²) in [4.78, 5) is 17.0. The van der Waals surface area contributed by atoms with Crippen LogP contribution in [0.5, 0.6) is 5.75 Å². The number of aromatic nitrogens is 2. The summed E-state index contributed by atoms with van der Waals surface area (Å²) in [5.41, 5.74) is 1.57.